The first-order valence-corrected chi connectivity index (χ1v) is 8.57. The fraction of sp³-hybridized carbons (Fsp3) is 1.00. The molecule has 102 valence electrons. The van der Waals surface area contributed by atoms with Crippen LogP contribution in [0.15, 0.2) is 0 Å². The number of hydrogen-bond donors (Lipinski definition) is 1. The topological polar surface area (TPSA) is 15.3 Å². The van der Waals surface area contributed by atoms with E-state index in [1.807, 2.05) is 11.8 Å². The largest absolute Gasteiger partial charge is 0.315 e. The second-order valence-corrected chi connectivity index (χ2v) is 6.57. The monoisotopic (exact) mass is 258 g/mol. The Balaban J connectivity index is 2.22. The molecule has 17 heavy (non-hydrogen) atoms. The predicted molar refractivity (Wildman–Crippen MR) is 79.9 cm³/mol. The van der Waals surface area contributed by atoms with Crippen LogP contribution in [-0.4, -0.2) is 49.1 Å². The molecule has 1 heterocycles. The van der Waals surface area contributed by atoms with Crippen molar-refractivity contribution in [3.05, 3.63) is 0 Å². The quantitative estimate of drug-likeness (QED) is 0.674. The summed E-state index contributed by atoms with van der Waals surface area (Å²) in [4.78, 5) is 2.72. The first-order chi connectivity index (χ1) is 8.24. The Hall–Kier alpha value is 0.270. The van der Waals surface area contributed by atoms with E-state index in [0.717, 1.165) is 18.5 Å². The van der Waals surface area contributed by atoms with E-state index < -0.39 is 0 Å². The van der Waals surface area contributed by atoms with Gasteiger partial charge < -0.3 is 5.32 Å². The molecule has 0 radical (unpaired) electrons. The smallest absolute Gasteiger partial charge is 0.0220 e. The van der Waals surface area contributed by atoms with Crippen LogP contribution < -0.4 is 5.32 Å². The third-order valence-electron chi connectivity index (χ3n) is 3.48. The lowest BCUT2D eigenvalue weighted by molar-refractivity contribution is 0.145. The van der Waals surface area contributed by atoms with Crippen LogP contribution in [0, 0.1) is 5.92 Å². The first kappa shape index (κ1) is 15.3. The van der Waals surface area contributed by atoms with Crippen LogP contribution in [0.4, 0.5) is 0 Å². The molecule has 1 saturated heterocycles. The van der Waals surface area contributed by atoms with Gasteiger partial charge in [-0.15, -0.1) is 0 Å². The van der Waals surface area contributed by atoms with Gasteiger partial charge in [0.15, 0.2) is 0 Å². The summed E-state index contributed by atoms with van der Waals surface area (Å²) in [6, 6.07) is 0.796. The van der Waals surface area contributed by atoms with Gasteiger partial charge >= 0.3 is 0 Å². The Kier molecular flexibility index (Phi) is 8.33. The molecule has 1 aliphatic heterocycles. The number of rotatable bonds is 8. The highest BCUT2D eigenvalue weighted by Crippen LogP contribution is 2.17. The van der Waals surface area contributed by atoms with Gasteiger partial charge in [0.05, 0.1) is 0 Å². The van der Waals surface area contributed by atoms with Crippen molar-refractivity contribution in [1.29, 1.82) is 0 Å². The van der Waals surface area contributed by atoms with Crippen LogP contribution in [0.2, 0.25) is 0 Å². The van der Waals surface area contributed by atoms with Crippen LogP contribution in [-0.2, 0) is 0 Å². The number of piperidine rings is 1. The zero-order chi connectivity index (χ0) is 12.5. The third-order valence-corrected chi connectivity index (χ3v) is 4.17. The Morgan fingerprint density at radius 3 is 2.88 bits per heavy atom. The van der Waals surface area contributed by atoms with E-state index in [9.17, 15) is 0 Å². The fourth-order valence-electron chi connectivity index (χ4n) is 2.54. The van der Waals surface area contributed by atoms with Gasteiger partial charge in [-0.3, -0.25) is 4.90 Å². The second-order valence-electron chi connectivity index (χ2n) is 5.58. The van der Waals surface area contributed by atoms with Crippen LogP contribution in [0.25, 0.3) is 0 Å². The number of likely N-dealkylation sites (tertiary alicyclic amines) is 1. The summed E-state index contributed by atoms with van der Waals surface area (Å²) >= 11 is 1.97. The van der Waals surface area contributed by atoms with Crippen molar-refractivity contribution < 1.29 is 0 Å². The molecule has 0 aromatic rings. The lowest BCUT2D eigenvalue weighted by Crippen LogP contribution is -2.46. The summed E-state index contributed by atoms with van der Waals surface area (Å²) in [6.45, 7) is 9.54. The van der Waals surface area contributed by atoms with Crippen molar-refractivity contribution in [2.24, 2.45) is 5.92 Å². The second kappa shape index (κ2) is 9.23. The van der Waals surface area contributed by atoms with Gasteiger partial charge in [0, 0.05) is 12.6 Å². The van der Waals surface area contributed by atoms with Crippen molar-refractivity contribution in [1.82, 2.24) is 10.2 Å². The highest BCUT2D eigenvalue weighted by Gasteiger charge is 2.21. The number of thioether (sulfide) groups is 1. The number of nitrogens with zero attached hydrogens (tertiary/aromatic N) is 1. The molecule has 0 amide bonds. The van der Waals surface area contributed by atoms with Gasteiger partial charge in [0.25, 0.3) is 0 Å². The fourth-order valence-corrected chi connectivity index (χ4v) is 2.95. The van der Waals surface area contributed by atoms with Gasteiger partial charge in [-0.05, 0) is 56.8 Å². The van der Waals surface area contributed by atoms with Gasteiger partial charge in [0.1, 0.15) is 0 Å². The van der Waals surface area contributed by atoms with Crippen LogP contribution >= 0.6 is 11.8 Å². The molecule has 1 unspecified atom stereocenters. The minimum absolute atomic E-state index is 0.767. The molecule has 1 fully saturated rings. The maximum atomic E-state index is 3.63. The van der Waals surface area contributed by atoms with Crippen molar-refractivity contribution in [3.63, 3.8) is 0 Å². The molecular weight excluding hydrogens is 228 g/mol. The molecule has 1 atom stereocenters. The number of hydrogen-bond acceptors (Lipinski definition) is 3. The van der Waals surface area contributed by atoms with Crippen molar-refractivity contribution >= 4 is 11.8 Å². The van der Waals surface area contributed by atoms with Crippen molar-refractivity contribution in [2.75, 3.05) is 38.2 Å². The van der Waals surface area contributed by atoms with E-state index in [2.05, 4.69) is 30.3 Å². The van der Waals surface area contributed by atoms with Crippen LogP contribution in [0.3, 0.4) is 0 Å². The minimum Gasteiger partial charge on any atom is -0.315 e. The van der Waals surface area contributed by atoms with E-state index in [4.69, 9.17) is 0 Å². The summed E-state index contributed by atoms with van der Waals surface area (Å²) in [5.41, 5.74) is 0. The summed E-state index contributed by atoms with van der Waals surface area (Å²) in [5.74, 6) is 2.08. The van der Waals surface area contributed by atoms with Crippen molar-refractivity contribution in [2.45, 2.75) is 45.6 Å². The average Bonchev–Trinajstić information content (AvgIpc) is 2.31. The zero-order valence-corrected chi connectivity index (χ0v) is 12.7. The van der Waals surface area contributed by atoms with Crippen LogP contribution in [0.5, 0.6) is 0 Å². The highest BCUT2D eigenvalue weighted by molar-refractivity contribution is 7.98. The summed E-state index contributed by atoms with van der Waals surface area (Å²) < 4.78 is 0. The molecule has 3 heteroatoms. The lowest BCUT2D eigenvalue weighted by Gasteiger charge is -2.36. The Bertz CT molecular complexity index is 185. The predicted octanol–water partition coefficient (Wildman–Crippen LogP) is 2.84. The van der Waals surface area contributed by atoms with E-state index >= 15 is 0 Å². The van der Waals surface area contributed by atoms with Gasteiger partial charge in [-0.25, -0.2) is 0 Å². The number of nitrogens with one attached hydrogen (secondary N) is 1. The Morgan fingerprint density at radius 1 is 1.35 bits per heavy atom. The minimum atomic E-state index is 0.767. The van der Waals surface area contributed by atoms with E-state index in [0.29, 0.717) is 0 Å². The molecule has 1 aliphatic rings. The molecule has 2 nitrogen and oxygen atoms in total. The summed E-state index contributed by atoms with van der Waals surface area (Å²) in [5, 5.41) is 3.63. The molecule has 1 rings (SSSR count). The third kappa shape index (κ3) is 6.68. The molecule has 1 N–H and O–H groups in total. The first-order valence-electron chi connectivity index (χ1n) is 7.17. The Labute approximate surface area is 112 Å². The SMILES string of the molecule is CSCCCN1CCCCC1CNCC(C)C. The molecule has 0 spiro atoms. The maximum absolute atomic E-state index is 3.63. The highest BCUT2D eigenvalue weighted by atomic mass is 32.2. The zero-order valence-electron chi connectivity index (χ0n) is 11.9. The van der Waals surface area contributed by atoms with Gasteiger partial charge in [-0.1, -0.05) is 20.3 Å². The Morgan fingerprint density at radius 2 is 2.18 bits per heavy atom. The van der Waals surface area contributed by atoms with E-state index in [-0.39, 0.29) is 0 Å². The average molecular weight is 258 g/mol. The van der Waals surface area contributed by atoms with E-state index in [1.54, 1.807) is 0 Å². The van der Waals surface area contributed by atoms with E-state index in [1.165, 1.54) is 51.1 Å². The standard InChI is InChI=1S/C14H30N2S/c1-13(2)11-15-12-14-7-4-5-8-16(14)9-6-10-17-3/h13-15H,4-12H2,1-3H3. The van der Waals surface area contributed by atoms with Crippen LogP contribution in [0.1, 0.15) is 39.5 Å². The van der Waals surface area contributed by atoms with Gasteiger partial charge in [-0.2, -0.15) is 11.8 Å². The molecule has 0 aliphatic carbocycles. The lowest BCUT2D eigenvalue weighted by atomic mass is 10.0. The summed E-state index contributed by atoms with van der Waals surface area (Å²) in [7, 11) is 0. The molecule has 0 aromatic carbocycles. The molecule has 0 saturated carbocycles. The van der Waals surface area contributed by atoms with Crippen molar-refractivity contribution in [3.8, 4) is 0 Å². The normalized spacial score (nSPS) is 22.2. The maximum Gasteiger partial charge on any atom is 0.0220 e. The molecular formula is C14H30N2S. The molecule has 0 aromatic heterocycles. The summed E-state index contributed by atoms with van der Waals surface area (Å²) in [6.07, 6.45) is 7.77. The van der Waals surface area contributed by atoms with Gasteiger partial charge in [0.2, 0.25) is 0 Å². The molecule has 0 bridgehead atoms.